The van der Waals surface area contributed by atoms with Gasteiger partial charge < -0.3 is 15.0 Å². The number of carbonyl (C=O) groups is 1. The zero-order chi connectivity index (χ0) is 14.6. The lowest BCUT2D eigenvalue weighted by Gasteiger charge is -2.35. The molecular formula is C15H23N3O2. The Balaban J connectivity index is 1.90. The monoisotopic (exact) mass is 277 g/mol. The van der Waals surface area contributed by atoms with Crippen LogP contribution in [0, 0.1) is 0 Å². The number of nitrogens with zero attached hydrogens (tertiary/aromatic N) is 2. The number of hydrogen-bond donors (Lipinski definition) is 1. The summed E-state index contributed by atoms with van der Waals surface area (Å²) >= 11 is 0. The number of amides is 1. The molecule has 5 nitrogen and oxygen atoms in total. The molecule has 0 aliphatic carbocycles. The molecule has 1 saturated heterocycles. The van der Waals surface area contributed by atoms with E-state index in [2.05, 4.69) is 10.3 Å². The van der Waals surface area contributed by atoms with Crippen LogP contribution < -0.4 is 5.32 Å². The van der Waals surface area contributed by atoms with Crippen LogP contribution in [-0.2, 0) is 11.2 Å². The lowest BCUT2D eigenvalue weighted by Crippen LogP contribution is -2.54. The number of piperazine rings is 1. The Morgan fingerprint density at radius 3 is 2.80 bits per heavy atom. The van der Waals surface area contributed by atoms with Crippen LogP contribution in [-0.4, -0.2) is 47.3 Å². The number of pyridine rings is 1. The molecule has 2 rings (SSSR count). The van der Waals surface area contributed by atoms with Gasteiger partial charge in [-0.25, -0.2) is 4.79 Å². The van der Waals surface area contributed by atoms with Crippen molar-refractivity contribution in [3.63, 3.8) is 0 Å². The van der Waals surface area contributed by atoms with Gasteiger partial charge in [0.25, 0.3) is 0 Å². The van der Waals surface area contributed by atoms with E-state index >= 15 is 0 Å². The third-order valence-electron chi connectivity index (χ3n) is 3.14. The van der Waals surface area contributed by atoms with Gasteiger partial charge in [-0.1, -0.05) is 0 Å². The first-order valence-electron chi connectivity index (χ1n) is 7.04. The zero-order valence-electron chi connectivity index (χ0n) is 12.4. The van der Waals surface area contributed by atoms with Gasteiger partial charge in [0, 0.05) is 38.1 Å². The highest BCUT2D eigenvalue weighted by Gasteiger charge is 2.27. The van der Waals surface area contributed by atoms with Crippen LogP contribution in [0.4, 0.5) is 4.79 Å². The second-order valence-corrected chi connectivity index (χ2v) is 6.14. The molecule has 1 aromatic rings. The number of hydrogen-bond acceptors (Lipinski definition) is 4. The van der Waals surface area contributed by atoms with Crippen LogP contribution in [0.5, 0.6) is 0 Å². The first kappa shape index (κ1) is 14.8. The molecule has 0 radical (unpaired) electrons. The fraction of sp³-hybridized carbons (Fsp3) is 0.600. The van der Waals surface area contributed by atoms with Crippen LogP contribution in [0.1, 0.15) is 26.3 Å². The minimum absolute atomic E-state index is 0.223. The van der Waals surface area contributed by atoms with Crippen molar-refractivity contribution < 1.29 is 9.53 Å². The molecule has 0 aromatic carbocycles. The van der Waals surface area contributed by atoms with Crippen molar-refractivity contribution in [1.82, 2.24) is 15.2 Å². The average molecular weight is 277 g/mol. The van der Waals surface area contributed by atoms with Crippen molar-refractivity contribution in [3.8, 4) is 0 Å². The Labute approximate surface area is 120 Å². The molecule has 110 valence electrons. The second kappa shape index (κ2) is 6.22. The summed E-state index contributed by atoms with van der Waals surface area (Å²) in [4.78, 5) is 17.9. The van der Waals surface area contributed by atoms with Gasteiger partial charge in [0.15, 0.2) is 0 Å². The molecule has 1 N–H and O–H groups in total. The van der Waals surface area contributed by atoms with E-state index in [0.717, 1.165) is 13.0 Å². The molecule has 1 aromatic heterocycles. The summed E-state index contributed by atoms with van der Waals surface area (Å²) in [5, 5.41) is 3.45. The molecule has 0 saturated carbocycles. The maximum atomic E-state index is 12.1. The van der Waals surface area contributed by atoms with Crippen LogP contribution in [0.25, 0.3) is 0 Å². The number of carbonyl (C=O) groups excluding carboxylic acids is 1. The van der Waals surface area contributed by atoms with E-state index in [1.54, 1.807) is 17.3 Å². The minimum atomic E-state index is -0.442. The molecule has 1 atom stereocenters. The van der Waals surface area contributed by atoms with Crippen molar-refractivity contribution in [2.45, 2.75) is 38.8 Å². The molecule has 2 heterocycles. The smallest absolute Gasteiger partial charge is 0.410 e. The first-order chi connectivity index (χ1) is 9.44. The molecule has 1 amide bonds. The summed E-state index contributed by atoms with van der Waals surface area (Å²) in [6.45, 7) is 7.85. The Kier molecular flexibility index (Phi) is 4.60. The topological polar surface area (TPSA) is 54.5 Å². The standard InChI is InChI=1S/C15H23N3O2/c1-15(2,3)20-14(19)18-9-8-17-13(11-18)10-12-4-6-16-7-5-12/h4-7,13,17H,8-11H2,1-3H3. The molecule has 1 fully saturated rings. The van der Waals surface area contributed by atoms with Gasteiger partial charge in [0.2, 0.25) is 0 Å². The first-order valence-corrected chi connectivity index (χ1v) is 7.04. The Morgan fingerprint density at radius 2 is 2.15 bits per heavy atom. The third-order valence-corrected chi connectivity index (χ3v) is 3.14. The van der Waals surface area contributed by atoms with Crippen LogP contribution >= 0.6 is 0 Å². The van der Waals surface area contributed by atoms with E-state index < -0.39 is 5.60 Å². The Bertz CT molecular complexity index is 442. The normalized spacial score (nSPS) is 19.8. The van der Waals surface area contributed by atoms with Gasteiger partial charge in [-0.15, -0.1) is 0 Å². The highest BCUT2D eigenvalue weighted by molar-refractivity contribution is 5.68. The van der Waals surface area contributed by atoms with Crippen molar-refractivity contribution in [1.29, 1.82) is 0 Å². The predicted molar refractivity (Wildman–Crippen MR) is 77.5 cm³/mol. The van der Waals surface area contributed by atoms with Crippen molar-refractivity contribution in [2.24, 2.45) is 0 Å². The molecular weight excluding hydrogens is 254 g/mol. The van der Waals surface area contributed by atoms with Gasteiger partial charge in [-0.2, -0.15) is 0 Å². The fourth-order valence-electron chi connectivity index (χ4n) is 2.26. The number of rotatable bonds is 2. The van der Waals surface area contributed by atoms with Crippen LogP contribution in [0.3, 0.4) is 0 Å². The summed E-state index contributed by atoms with van der Waals surface area (Å²) in [6, 6.07) is 4.28. The maximum absolute atomic E-state index is 12.1. The van der Waals surface area contributed by atoms with Crippen LogP contribution in [0.2, 0.25) is 0 Å². The van der Waals surface area contributed by atoms with E-state index in [4.69, 9.17) is 4.74 Å². The molecule has 1 aliphatic heterocycles. The van der Waals surface area contributed by atoms with Gasteiger partial charge in [-0.3, -0.25) is 4.98 Å². The molecule has 20 heavy (non-hydrogen) atoms. The fourth-order valence-corrected chi connectivity index (χ4v) is 2.26. The SMILES string of the molecule is CC(C)(C)OC(=O)N1CCNC(Cc2ccncc2)C1. The van der Waals surface area contributed by atoms with E-state index in [-0.39, 0.29) is 12.1 Å². The molecule has 5 heteroatoms. The van der Waals surface area contributed by atoms with Crippen molar-refractivity contribution in [3.05, 3.63) is 30.1 Å². The summed E-state index contributed by atoms with van der Waals surface area (Å²) in [5.41, 5.74) is 0.784. The number of aromatic nitrogens is 1. The third kappa shape index (κ3) is 4.49. The van der Waals surface area contributed by atoms with E-state index in [9.17, 15) is 4.79 Å². The van der Waals surface area contributed by atoms with Gasteiger partial charge in [-0.05, 0) is 44.9 Å². The van der Waals surface area contributed by atoms with Gasteiger partial charge in [0.05, 0.1) is 0 Å². The van der Waals surface area contributed by atoms with Crippen molar-refractivity contribution >= 4 is 6.09 Å². The number of nitrogens with one attached hydrogen (secondary N) is 1. The largest absolute Gasteiger partial charge is 0.444 e. The summed E-state index contributed by atoms with van der Waals surface area (Å²) in [7, 11) is 0. The highest BCUT2D eigenvalue weighted by atomic mass is 16.6. The van der Waals surface area contributed by atoms with E-state index in [1.165, 1.54) is 5.56 Å². The summed E-state index contributed by atoms with van der Waals surface area (Å²) in [5.74, 6) is 0. The Hall–Kier alpha value is -1.62. The van der Waals surface area contributed by atoms with Crippen molar-refractivity contribution in [2.75, 3.05) is 19.6 Å². The quantitative estimate of drug-likeness (QED) is 0.896. The lowest BCUT2D eigenvalue weighted by atomic mass is 10.1. The maximum Gasteiger partial charge on any atom is 0.410 e. The Morgan fingerprint density at radius 1 is 1.45 bits per heavy atom. The molecule has 0 bridgehead atoms. The minimum Gasteiger partial charge on any atom is -0.444 e. The lowest BCUT2D eigenvalue weighted by molar-refractivity contribution is 0.0195. The highest BCUT2D eigenvalue weighted by Crippen LogP contribution is 2.13. The zero-order valence-corrected chi connectivity index (χ0v) is 12.4. The average Bonchev–Trinajstić information content (AvgIpc) is 2.38. The molecule has 1 aliphatic rings. The second-order valence-electron chi connectivity index (χ2n) is 6.14. The van der Waals surface area contributed by atoms with Gasteiger partial charge in [0.1, 0.15) is 5.60 Å². The van der Waals surface area contributed by atoms with Gasteiger partial charge >= 0.3 is 6.09 Å². The molecule has 0 spiro atoms. The number of ether oxygens (including phenoxy) is 1. The van der Waals surface area contributed by atoms with E-state index in [0.29, 0.717) is 13.1 Å². The van der Waals surface area contributed by atoms with E-state index in [1.807, 2.05) is 32.9 Å². The summed E-state index contributed by atoms with van der Waals surface area (Å²) in [6.07, 6.45) is 4.26. The van der Waals surface area contributed by atoms with Crippen LogP contribution in [0.15, 0.2) is 24.5 Å². The predicted octanol–water partition coefficient (Wildman–Crippen LogP) is 1.83. The summed E-state index contributed by atoms with van der Waals surface area (Å²) < 4.78 is 5.42. The molecule has 1 unspecified atom stereocenters.